The lowest BCUT2D eigenvalue weighted by Gasteiger charge is -2.18. The monoisotopic (exact) mass is 893 g/mol. The van der Waals surface area contributed by atoms with Crippen molar-refractivity contribution in [1.29, 1.82) is 0 Å². The van der Waals surface area contributed by atoms with Gasteiger partial charge in [-0.1, -0.05) is 209 Å². The molecule has 0 heterocycles. The molecule has 0 N–H and O–H groups in total. The van der Waals surface area contributed by atoms with Crippen LogP contribution in [0.15, 0.2) is 72.9 Å². The molecule has 0 aromatic rings. The van der Waals surface area contributed by atoms with Gasteiger partial charge < -0.3 is 14.2 Å². The van der Waals surface area contributed by atoms with Gasteiger partial charge in [-0.15, -0.1) is 0 Å². The van der Waals surface area contributed by atoms with Crippen molar-refractivity contribution >= 4 is 17.9 Å². The van der Waals surface area contributed by atoms with Crippen molar-refractivity contribution in [3.05, 3.63) is 72.9 Å². The molecule has 0 radical (unpaired) electrons. The lowest BCUT2D eigenvalue weighted by atomic mass is 10.1. The Balaban J connectivity index is 4.29. The summed E-state index contributed by atoms with van der Waals surface area (Å²) in [6.45, 7) is 6.48. The summed E-state index contributed by atoms with van der Waals surface area (Å²) in [7, 11) is 0. The molecule has 0 saturated carbocycles. The molecule has 0 aliphatic rings. The molecule has 368 valence electrons. The van der Waals surface area contributed by atoms with E-state index in [1.807, 2.05) is 0 Å². The Hall–Kier alpha value is -3.15. The van der Waals surface area contributed by atoms with Crippen molar-refractivity contribution in [3.63, 3.8) is 0 Å². The number of hydrogen-bond donors (Lipinski definition) is 0. The molecule has 0 aliphatic carbocycles. The minimum atomic E-state index is -0.788. The molecule has 0 saturated heterocycles. The molecule has 0 bridgehead atoms. The van der Waals surface area contributed by atoms with Gasteiger partial charge in [0.1, 0.15) is 13.2 Å². The van der Waals surface area contributed by atoms with Crippen LogP contribution in [-0.4, -0.2) is 37.2 Å². The lowest BCUT2D eigenvalue weighted by molar-refractivity contribution is -0.167. The molecule has 0 aromatic carbocycles. The van der Waals surface area contributed by atoms with Gasteiger partial charge in [0.25, 0.3) is 0 Å². The van der Waals surface area contributed by atoms with E-state index in [0.717, 1.165) is 122 Å². The largest absolute Gasteiger partial charge is 0.462 e. The van der Waals surface area contributed by atoms with E-state index < -0.39 is 6.10 Å². The molecule has 0 fully saturated rings. The maximum Gasteiger partial charge on any atom is 0.306 e. The van der Waals surface area contributed by atoms with Gasteiger partial charge in [-0.3, -0.25) is 14.4 Å². The molecule has 1 atom stereocenters. The maximum atomic E-state index is 12.8. The van der Waals surface area contributed by atoms with Crippen LogP contribution < -0.4 is 0 Å². The zero-order chi connectivity index (χ0) is 46.5. The zero-order valence-corrected chi connectivity index (χ0v) is 42.0. The van der Waals surface area contributed by atoms with Gasteiger partial charge in [0.05, 0.1) is 0 Å². The zero-order valence-electron chi connectivity index (χ0n) is 42.0. The highest BCUT2D eigenvalue weighted by Gasteiger charge is 2.19. The lowest BCUT2D eigenvalue weighted by Crippen LogP contribution is -2.30. The van der Waals surface area contributed by atoms with Crippen molar-refractivity contribution in [2.24, 2.45) is 0 Å². The fourth-order valence-electron chi connectivity index (χ4n) is 7.31. The van der Waals surface area contributed by atoms with Gasteiger partial charge in [-0.2, -0.15) is 0 Å². The van der Waals surface area contributed by atoms with E-state index in [9.17, 15) is 14.4 Å². The Bertz CT molecular complexity index is 1210. The number of rotatable bonds is 48. The van der Waals surface area contributed by atoms with Gasteiger partial charge in [0, 0.05) is 19.3 Å². The maximum absolute atomic E-state index is 12.8. The SMILES string of the molecule is CCC/C=C\C/C=C\CCCCCCCC(=O)OC(COC(=O)CCCCCCC/C=C\CCC)COC(=O)CCCCCCCCCC/C=C\C/C=C\C/C=C\CCCCCCC. The summed E-state index contributed by atoms with van der Waals surface area (Å²) in [5, 5.41) is 0. The van der Waals surface area contributed by atoms with Crippen LogP contribution in [0.2, 0.25) is 0 Å². The van der Waals surface area contributed by atoms with Crippen molar-refractivity contribution in [3.8, 4) is 0 Å². The normalized spacial score (nSPS) is 12.6. The van der Waals surface area contributed by atoms with Crippen LogP contribution in [0, 0.1) is 0 Å². The highest BCUT2D eigenvalue weighted by atomic mass is 16.6. The summed E-state index contributed by atoms with van der Waals surface area (Å²) in [6, 6.07) is 0. The molecular formula is C58H100O6. The minimum absolute atomic E-state index is 0.0880. The predicted molar refractivity (Wildman–Crippen MR) is 274 cm³/mol. The second kappa shape index (κ2) is 52.5. The number of unbranched alkanes of at least 4 members (excludes halogenated alkanes) is 25. The van der Waals surface area contributed by atoms with Gasteiger partial charge >= 0.3 is 17.9 Å². The van der Waals surface area contributed by atoms with Gasteiger partial charge in [0.2, 0.25) is 0 Å². The average Bonchev–Trinajstić information content (AvgIpc) is 3.29. The van der Waals surface area contributed by atoms with Crippen LogP contribution in [0.1, 0.15) is 258 Å². The van der Waals surface area contributed by atoms with Crippen LogP contribution in [0.25, 0.3) is 0 Å². The first-order chi connectivity index (χ1) is 31.5. The summed E-state index contributed by atoms with van der Waals surface area (Å²) in [6.07, 6.45) is 66.1. The summed E-state index contributed by atoms with van der Waals surface area (Å²) in [4.78, 5) is 37.9. The Morgan fingerprint density at radius 1 is 0.312 bits per heavy atom. The predicted octanol–water partition coefficient (Wildman–Crippen LogP) is 17.8. The van der Waals surface area contributed by atoms with E-state index in [-0.39, 0.29) is 31.1 Å². The molecule has 0 aromatic heterocycles. The molecule has 0 aliphatic heterocycles. The topological polar surface area (TPSA) is 78.9 Å². The summed E-state index contributed by atoms with van der Waals surface area (Å²) < 4.78 is 16.8. The molecular weight excluding hydrogens is 793 g/mol. The van der Waals surface area contributed by atoms with Crippen molar-refractivity contribution in [1.82, 2.24) is 0 Å². The first-order valence-corrected chi connectivity index (χ1v) is 26.9. The Kier molecular flexibility index (Phi) is 49.9. The number of allylic oxidation sites excluding steroid dienone is 12. The van der Waals surface area contributed by atoms with E-state index in [1.54, 1.807) is 0 Å². The average molecular weight is 893 g/mol. The minimum Gasteiger partial charge on any atom is -0.462 e. The highest BCUT2D eigenvalue weighted by molar-refractivity contribution is 5.71. The van der Waals surface area contributed by atoms with Gasteiger partial charge in [-0.05, 0) is 103 Å². The fourth-order valence-corrected chi connectivity index (χ4v) is 7.31. The smallest absolute Gasteiger partial charge is 0.306 e. The quantitative estimate of drug-likeness (QED) is 0.0262. The third kappa shape index (κ3) is 49.9. The summed E-state index contributed by atoms with van der Waals surface area (Å²) in [5.74, 6) is -0.919. The van der Waals surface area contributed by atoms with Gasteiger partial charge in [0.15, 0.2) is 6.10 Å². The Morgan fingerprint density at radius 2 is 0.594 bits per heavy atom. The van der Waals surface area contributed by atoms with Gasteiger partial charge in [-0.25, -0.2) is 0 Å². The highest BCUT2D eigenvalue weighted by Crippen LogP contribution is 2.14. The van der Waals surface area contributed by atoms with Crippen molar-refractivity contribution < 1.29 is 28.6 Å². The van der Waals surface area contributed by atoms with E-state index in [2.05, 4.69) is 93.7 Å². The molecule has 0 spiro atoms. The first kappa shape index (κ1) is 60.9. The van der Waals surface area contributed by atoms with Crippen molar-refractivity contribution in [2.75, 3.05) is 13.2 Å². The van der Waals surface area contributed by atoms with Crippen LogP contribution in [0.3, 0.4) is 0 Å². The molecule has 64 heavy (non-hydrogen) atoms. The standard InChI is InChI=1S/C58H100O6/c1-4-7-10-13-16-19-22-24-25-26-27-28-29-30-31-32-33-35-36-39-42-45-48-51-57(60)63-54-55(53-62-56(59)50-47-44-41-38-21-18-15-12-9-6-3)64-58(61)52-49-46-43-40-37-34-23-20-17-14-11-8-5-2/h11-12,14-15,20,22-24,26-27,29-30,55H,4-10,13,16-19,21,25,28,31-54H2,1-3H3/b14-11-,15-12-,23-20-,24-22-,27-26-,30-29-. The van der Waals surface area contributed by atoms with Crippen LogP contribution >= 0.6 is 0 Å². The van der Waals surface area contributed by atoms with Crippen molar-refractivity contribution in [2.45, 2.75) is 264 Å². The second-order valence-corrected chi connectivity index (χ2v) is 17.8. The second-order valence-electron chi connectivity index (χ2n) is 17.8. The number of ether oxygens (including phenoxy) is 3. The van der Waals surface area contributed by atoms with E-state index >= 15 is 0 Å². The van der Waals surface area contributed by atoms with Crippen LogP contribution in [0.4, 0.5) is 0 Å². The van der Waals surface area contributed by atoms with E-state index in [4.69, 9.17) is 14.2 Å². The number of carbonyl (C=O) groups is 3. The molecule has 6 nitrogen and oxygen atoms in total. The molecule has 0 rings (SSSR count). The summed E-state index contributed by atoms with van der Waals surface area (Å²) >= 11 is 0. The van der Waals surface area contributed by atoms with Crippen LogP contribution in [-0.2, 0) is 28.6 Å². The van der Waals surface area contributed by atoms with Crippen LogP contribution in [0.5, 0.6) is 0 Å². The Morgan fingerprint density at radius 3 is 0.969 bits per heavy atom. The molecule has 6 heteroatoms. The van der Waals surface area contributed by atoms with E-state index in [0.29, 0.717) is 19.3 Å². The first-order valence-electron chi connectivity index (χ1n) is 26.9. The molecule has 0 amide bonds. The van der Waals surface area contributed by atoms with E-state index in [1.165, 1.54) is 96.3 Å². The molecule has 1 unspecified atom stereocenters. The number of esters is 3. The number of hydrogen-bond acceptors (Lipinski definition) is 6. The third-order valence-electron chi connectivity index (χ3n) is 11.4. The Labute approximate surface area is 395 Å². The summed E-state index contributed by atoms with van der Waals surface area (Å²) in [5.41, 5.74) is 0. The number of carbonyl (C=O) groups excluding carboxylic acids is 3. The third-order valence-corrected chi connectivity index (χ3v) is 11.4. The fraction of sp³-hybridized carbons (Fsp3) is 0.741.